The Bertz CT molecular complexity index is 482. The maximum atomic E-state index is 13.8. The minimum Gasteiger partial charge on any atom is -0.399 e. The van der Waals surface area contributed by atoms with Gasteiger partial charge >= 0.3 is 0 Å². The van der Waals surface area contributed by atoms with E-state index in [4.69, 9.17) is 5.73 Å². The summed E-state index contributed by atoms with van der Waals surface area (Å²) < 4.78 is 14.2. The van der Waals surface area contributed by atoms with E-state index >= 15 is 0 Å². The summed E-state index contributed by atoms with van der Waals surface area (Å²) in [4.78, 5) is 0. The second-order valence-corrected chi connectivity index (χ2v) is 4.08. The predicted molar refractivity (Wildman–Crippen MR) is 63.9 cm³/mol. The number of hydrogen-bond acceptors (Lipinski definition) is 1. The molecular formula is C12H9BrFN. The zero-order valence-electron chi connectivity index (χ0n) is 7.87. The first-order valence-corrected chi connectivity index (χ1v) is 5.28. The number of anilines is 1. The van der Waals surface area contributed by atoms with E-state index in [0.29, 0.717) is 15.7 Å². The molecule has 0 amide bonds. The Morgan fingerprint density at radius 1 is 1.07 bits per heavy atom. The van der Waals surface area contributed by atoms with E-state index in [-0.39, 0.29) is 5.82 Å². The smallest absolute Gasteiger partial charge is 0.145 e. The largest absolute Gasteiger partial charge is 0.399 e. The Kier molecular flexibility index (Phi) is 2.73. The fourth-order valence-electron chi connectivity index (χ4n) is 1.44. The molecule has 0 aliphatic rings. The van der Waals surface area contributed by atoms with Gasteiger partial charge in [0.2, 0.25) is 0 Å². The lowest BCUT2D eigenvalue weighted by Crippen LogP contribution is -1.91. The van der Waals surface area contributed by atoms with Crippen LogP contribution in [0.2, 0.25) is 0 Å². The molecule has 3 heteroatoms. The zero-order valence-corrected chi connectivity index (χ0v) is 9.46. The minimum atomic E-state index is -0.282. The van der Waals surface area contributed by atoms with Crippen molar-refractivity contribution < 1.29 is 4.39 Å². The molecule has 15 heavy (non-hydrogen) atoms. The third-order valence-electron chi connectivity index (χ3n) is 2.14. The lowest BCUT2D eigenvalue weighted by atomic mass is 10.0. The van der Waals surface area contributed by atoms with Crippen LogP contribution in [0.3, 0.4) is 0 Å². The van der Waals surface area contributed by atoms with Crippen LogP contribution in [0.1, 0.15) is 0 Å². The van der Waals surface area contributed by atoms with Gasteiger partial charge in [0.1, 0.15) is 5.82 Å². The highest BCUT2D eigenvalue weighted by Crippen LogP contribution is 2.30. The maximum Gasteiger partial charge on any atom is 0.145 e. The van der Waals surface area contributed by atoms with E-state index in [9.17, 15) is 4.39 Å². The van der Waals surface area contributed by atoms with Crippen molar-refractivity contribution >= 4 is 21.6 Å². The van der Waals surface area contributed by atoms with Gasteiger partial charge in [-0.1, -0.05) is 30.3 Å². The molecule has 2 N–H and O–H groups in total. The fraction of sp³-hybridized carbons (Fsp3) is 0. The Hall–Kier alpha value is -1.35. The Labute approximate surface area is 95.9 Å². The van der Waals surface area contributed by atoms with Gasteiger partial charge in [-0.25, -0.2) is 4.39 Å². The van der Waals surface area contributed by atoms with Gasteiger partial charge < -0.3 is 5.73 Å². The predicted octanol–water partition coefficient (Wildman–Crippen LogP) is 3.84. The SMILES string of the molecule is Nc1cc(Br)c(F)c(-c2ccccc2)c1. The van der Waals surface area contributed by atoms with Crippen LogP contribution in [0.5, 0.6) is 0 Å². The van der Waals surface area contributed by atoms with Gasteiger partial charge in [0.25, 0.3) is 0 Å². The average Bonchev–Trinajstić information content (AvgIpc) is 2.24. The number of nitrogens with two attached hydrogens (primary N) is 1. The van der Waals surface area contributed by atoms with E-state index in [1.807, 2.05) is 30.3 Å². The van der Waals surface area contributed by atoms with E-state index in [1.165, 1.54) is 0 Å². The summed E-state index contributed by atoms with van der Waals surface area (Å²) in [6, 6.07) is 12.5. The summed E-state index contributed by atoms with van der Waals surface area (Å²) in [5.74, 6) is -0.282. The van der Waals surface area contributed by atoms with Crippen LogP contribution in [0.25, 0.3) is 11.1 Å². The molecule has 0 spiro atoms. The molecule has 0 unspecified atom stereocenters. The van der Waals surface area contributed by atoms with Gasteiger partial charge in [-0.3, -0.25) is 0 Å². The topological polar surface area (TPSA) is 26.0 Å². The molecule has 0 aliphatic carbocycles. The lowest BCUT2D eigenvalue weighted by Gasteiger charge is -2.06. The lowest BCUT2D eigenvalue weighted by molar-refractivity contribution is 0.625. The standard InChI is InChI=1S/C12H9BrFN/c13-11-7-9(15)6-10(12(11)14)8-4-2-1-3-5-8/h1-7H,15H2. The quantitative estimate of drug-likeness (QED) is 0.780. The fourth-order valence-corrected chi connectivity index (χ4v) is 1.92. The number of nitrogen functional groups attached to an aromatic ring is 1. The number of benzene rings is 2. The molecular weight excluding hydrogens is 257 g/mol. The molecule has 0 aliphatic heterocycles. The monoisotopic (exact) mass is 265 g/mol. The Morgan fingerprint density at radius 3 is 2.40 bits per heavy atom. The van der Waals surface area contributed by atoms with Crippen molar-refractivity contribution in [3.63, 3.8) is 0 Å². The van der Waals surface area contributed by atoms with Crippen LogP contribution >= 0.6 is 15.9 Å². The summed E-state index contributed by atoms with van der Waals surface area (Å²) >= 11 is 3.14. The molecule has 0 atom stereocenters. The average molecular weight is 266 g/mol. The third kappa shape index (κ3) is 2.02. The summed E-state index contributed by atoms with van der Waals surface area (Å²) in [6.45, 7) is 0. The van der Waals surface area contributed by atoms with Crippen LogP contribution in [0.15, 0.2) is 46.9 Å². The van der Waals surface area contributed by atoms with E-state index in [2.05, 4.69) is 15.9 Å². The van der Waals surface area contributed by atoms with E-state index < -0.39 is 0 Å². The molecule has 0 radical (unpaired) electrons. The third-order valence-corrected chi connectivity index (χ3v) is 2.71. The summed E-state index contributed by atoms with van der Waals surface area (Å²) in [5.41, 5.74) is 7.55. The van der Waals surface area contributed by atoms with Crippen molar-refractivity contribution in [3.8, 4) is 11.1 Å². The molecule has 0 saturated carbocycles. The number of hydrogen-bond donors (Lipinski definition) is 1. The highest BCUT2D eigenvalue weighted by Gasteiger charge is 2.09. The van der Waals surface area contributed by atoms with Crippen molar-refractivity contribution in [1.29, 1.82) is 0 Å². The first-order valence-electron chi connectivity index (χ1n) is 4.48. The van der Waals surface area contributed by atoms with Gasteiger partial charge in [0, 0.05) is 11.3 Å². The van der Waals surface area contributed by atoms with Gasteiger partial charge in [0.15, 0.2) is 0 Å². The second-order valence-electron chi connectivity index (χ2n) is 3.23. The molecule has 0 saturated heterocycles. The van der Waals surface area contributed by atoms with Gasteiger partial charge in [-0.05, 0) is 33.6 Å². The normalized spacial score (nSPS) is 10.3. The van der Waals surface area contributed by atoms with Crippen LogP contribution < -0.4 is 5.73 Å². The first kappa shape index (κ1) is 10.2. The minimum absolute atomic E-state index is 0.282. The van der Waals surface area contributed by atoms with Crippen molar-refractivity contribution in [2.24, 2.45) is 0 Å². The summed E-state index contributed by atoms with van der Waals surface area (Å²) in [6.07, 6.45) is 0. The van der Waals surface area contributed by atoms with Gasteiger partial charge in [-0.15, -0.1) is 0 Å². The molecule has 0 aromatic heterocycles. The molecule has 0 fully saturated rings. The highest BCUT2D eigenvalue weighted by atomic mass is 79.9. The van der Waals surface area contributed by atoms with Gasteiger partial charge in [-0.2, -0.15) is 0 Å². The number of rotatable bonds is 1. The second kappa shape index (κ2) is 4.03. The highest BCUT2D eigenvalue weighted by molar-refractivity contribution is 9.10. The maximum absolute atomic E-state index is 13.8. The van der Waals surface area contributed by atoms with E-state index in [1.54, 1.807) is 12.1 Å². The molecule has 1 nitrogen and oxygen atoms in total. The van der Waals surface area contributed by atoms with Crippen molar-refractivity contribution in [2.75, 3.05) is 5.73 Å². The number of halogens is 2. The summed E-state index contributed by atoms with van der Waals surface area (Å²) in [7, 11) is 0. The zero-order chi connectivity index (χ0) is 10.8. The molecule has 76 valence electrons. The first-order chi connectivity index (χ1) is 7.18. The molecule has 0 bridgehead atoms. The van der Waals surface area contributed by atoms with Crippen molar-refractivity contribution in [1.82, 2.24) is 0 Å². The Balaban J connectivity index is 2.63. The van der Waals surface area contributed by atoms with Crippen LogP contribution in [-0.4, -0.2) is 0 Å². The van der Waals surface area contributed by atoms with Crippen molar-refractivity contribution in [2.45, 2.75) is 0 Å². The molecule has 2 aromatic carbocycles. The molecule has 2 rings (SSSR count). The van der Waals surface area contributed by atoms with Gasteiger partial charge in [0.05, 0.1) is 4.47 Å². The van der Waals surface area contributed by atoms with E-state index in [0.717, 1.165) is 5.56 Å². The van der Waals surface area contributed by atoms with Crippen LogP contribution in [0, 0.1) is 5.82 Å². The van der Waals surface area contributed by atoms with Crippen LogP contribution in [-0.2, 0) is 0 Å². The molecule has 2 aromatic rings. The van der Waals surface area contributed by atoms with Crippen LogP contribution in [0.4, 0.5) is 10.1 Å². The molecule has 0 heterocycles. The summed E-state index contributed by atoms with van der Waals surface area (Å²) in [5, 5.41) is 0. The van der Waals surface area contributed by atoms with Crippen molar-refractivity contribution in [3.05, 3.63) is 52.8 Å². The Morgan fingerprint density at radius 2 is 1.73 bits per heavy atom.